The lowest BCUT2D eigenvalue weighted by Crippen LogP contribution is -2.26. The molecule has 2 aromatic carbocycles. The Morgan fingerprint density at radius 3 is 2.52 bits per heavy atom. The van der Waals surface area contributed by atoms with Crippen LogP contribution in [-0.4, -0.2) is 49.9 Å². The lowest BCUT2D eigenvalue weighted by atomic mass is 9.96. The zero-order chi connectivity index (χ0) is 21.2. The molecule has 154 valence electrons. The highest BCUT2D eigenvalue weighted by molar-refractivity contribution is 5.97. The Hall–Kier alpha value is -3.39. The fourth-order valence-electron chi connectivity index (χ4n) is 2.73. The number of rotatable bonds is 9. The van der Waals surface area contributed by atoms with E-state index in [0.717, 1.165) is 5.56 Å². The third-order valence-corrected chi connectivity index (χ3v) is 3.99. The summed E-state index contributed by atoms with van der Waals surface area (Å²) in [5.74, 6) is -1.29. The second-order valence-corrected chi connectivity index (χ2v) is 6.08. The maximum absolute atomic E-state index is 11.8. The van der Waals surface area contributed by atoms with Crippen LogP contribution in [0.3, 0.4) is 0 Å². The van der Waals surface area contributed by atoms with Gasteiger partial charge < -0.3 is 25.2 Å². The molecule has 0 aromatic heterocycles. The topological polar surface area (TPSA) is 114 Å². The van der Waals surface area contributed by atoms with Crippen LogP contribution in [0.4, 0.5) is 4.79 Å². The Morgan fingerprint density at radius 2 is 1.83 bits per heavy atom. The number of nitrogens with one attached hydrogen (secondary N) is 2. The van der Waals surface area contributed by atoms with Crippen LogP contribution in [0.15, 0.2) is 42.5 Å². The standard InChI is InChI=1S/C21H24N2O6/c1-3-28-21(27)23-11-10-14-8-9-15(17(12-14)20(25)26)16-6-4-5-7-18(16)29-19(24)13-22-2/h4-9,12,22H,3,10-11,13H2,1-2H3,(H,23,27)(H,25,26). The average molecular weight is 400 g/mol. The summed E-state index contributed by atoms with van der Waals surface area (Å²) in [6, 6.07) is 11.8. The van der Waals surface area contributed by atoms with Gasteiger partial charge in [0.15, 0.2) is 0 Å². The van der Waals surface area contributed by atoms with E-state index in [-0.39, 0.29) is 24.5 Å². The third kappa shape index (κ3) is 6.32. The highest BCUT2D eigenvalue weighted by Gasteiger charge is 2.17. The molecule has 0 aliphatic rings. The molecule has 0 bridgehead atoms. The monoisotopic (exact) mass is 400 g/mol. The van der Waals surface area contributed by atoms with Crippen molar-refractivity contribution in [1.82, 2.24) is 10.6 Å². The molecule has 8 nitrogen and oxygen atoms in total. The normalized spacial score (nSPS) is 10.3. The molecule has 0 unspecified atom stereocenters. The molecule has 0 saturated heterocycles. The Morgan fingerprint density at radius 1 is 1.07 bits per heavy atom. The first-order valence-electron chi connectivity index (χ1n) is 9.17. The predicted molar refractivity (Wildman–Crippen MR) is 107 cm³/mol. The maximum atomic E-state index is 11.8. The van der Waals surface area contributed by atoms with Crippen molar-refractivity contribution < 1.29 is 29.0 Å². The summed E-state index contributed by atoms with van der Waals surface area (Å²) in [7, 11) is 1.63. The Labute approximate surface area is 168 Å². The first kappa shape index (κ1) is 21.9. The molecule has 0 aliphatic heterocycles. The van der Waals surface area contributed by atoms with E-state index in [2.05, 4.69) is 10.6 Å². The fourth-order valence-corrected chi connectivity index (χ4v) is 2.73. The second kappa shape index (κ2) is 10.8. The quantitative estimate of drug-likeness (QED) is 0.438. The van der Waals surface area contributed by atoms with E-state index in [9.17, 15) is 19.5 Å². The van der Waals surface area contributed by atoms with Gasteiger partial charge >= 0.3 is 18.0 Å². The van der Waals surface area contributed by atoms with Gasteiger partial charge in [-0.05, 0) is 43.7 Å². The molecule has 0 radical (unpaired) electrons. The number of para-hydroxylation sites is 1. The number of esters is 1. The molecule has 3 N–H and O–H groups in total. The smallest absolute Gasteiger partial charge is 0.407 e. The van der Waals surface area contributed by atoms with Crippen molar-refractivity contribution in [3.63, 3.8) is 0 Å². The van der Waals surface area contributed by atoms with Crippen molar-refractivity contribution in [2.75, 3.05) is 26.7 Å². The molecule has 0 saturated carbocycles. The molecule has 2 rings (SSSR count). The van der Waals surface area contributed by atoms with Crippen LogP contribution in [0.25, 0.3) is 11.1 Å². The summed E-state index contributed by atoms with van der Waals surface area (Å²) in [6.45, 7) is 2.34. The number of benzene rings is 2. The van der Waals surface area contributed by atoms with Crippen LogP contribution in [0.1, 0.15) is 22.8 Å². The molecule has 29 heavy (non-hydrogen) atoms. The molecule has 0 heterocycles. The van der Waals surface area contributed by atoms with E-state index < -0.39 is 18.0 Å². The number of carbonyl (C=O) groups is 3. The summed E-state index contributed by atoms with van der Waals surface area (Å²) in [4.78, 5) is 35.0. The SMILES string of the molecule is CCOC(=O)NCCc1ccc(-c2ccccc2OC(=O)CNC)c(C(=O)O)c1. The number of aromatic carboxylic acids is 1. The van der Waals surface area contributed by atoms with Crippen molar-refractivity contribution in [2.24, 2.45) is 0 Å². The average Bonchev–Trinajstić information content (AvgIpc) is 2.69. The molecule has 8 heteroatoms. The lowest BCUT2D eigenvalue weighted by molar-refractivity contribution is -0.133. The molecule has 2 aromatic rings. The summed E-state index contributed by atoms with van der Waals surface area (Å²) >= 11 is 0. The summed E-state index contributed by atoms with van der Waals surface area (Å²) in [6.07, 6.45) is -0.0714. The molecule has 1 amide bonds. The van der Waals surface area contributed by atoms with Gasteiger partial charge in [0.05, 0.1) is 18.7 Å². The lowest BCUT2D eigenvalue weighted by Gasteiger charge is -2.13. The number of likely N-dealkylation sites (N-methyl/N-ethyl adjacent to an activating group) is 1. The number of carboxylic acids is 1. The Kier molecular flexibility index (Phi) is 8.17. The van der Waals surface area contributed by atoms with Crippen LogP contribution < -0.4 is 15.4 Å². The predicted octanol–water partition coefficient (Wildman–Crippen LogP) is 2.47. The minimum Gasteiger partial charge on any atom is -0.478 e. The minimum atomic E-state index is -1.10. The summed E-state index contributed by atoms with van der Waals surface area (Å²) < 4.78 is 10.2. The second-order valence-electron chi connectivity index (χ2n) is 6.08. The van der Waals surface area contributed by atoms with Gasteiger partial charge in [-0.2, -0.15) is 0 Å². The van der Waals surface area contributed by atoms with E-state index in [4.69, 9.17) is 9.47 Å². The molecule has 0 atom stereocenters. The zero-order valence-electron chi connectivity index (χ0n) is 16.4. The highest BCUT2D eigenvalue weighted by Crippen LogP contribution is 2.33. The van der Waals surface area contributed by atoms with Crippen LogP contribution >= 0.6 is 0 Å². The Balaban J connectivity index is 2.27. The van der Waals surface area contributed by atoms with E-state index in [1.165, 1.54) is 0 Å². The van der Waals surface area contributed by atoms with Gasteiger partial charge in [-0.1, -0.05) is 30.3 Å². The first-order chi connectivity index (χ1) is 14.0. The molecule has 0 spiro atoms. The van der Waals surface area contributed by atoms with E-state index in [0.29, 0.717) is 24.1 Å². The van der Waals surface area contributed by atoms with Gasteiger partial charge in [-0.3, -0.25) is 4.79 Å². The van der Waals surface area contributed by atoms with Crippen LogP contribution in [-0.2, 0) is 16.0 Å². The number of hydrogen-bond donors (Lipinski definition) is 3. The van der Waals surface area contributed by atoms with Crippen LogP contribution in [0.5, 0.6) is 5.75 Å². The van der Waals surface area contributed by atoms with Gasteiger partial charge in [0.25, 0.3) is 0 Å². The largest absolute Gasteiger partial charge is 0.478 e. The number of alkyl carbamates (subject to hydrolysis) is 1. The molecule has 0 fully saturated rings. The van der Waals surface area contributed by atoms with Crippen molar-refractivity contribution in [3.05, 3.63) is 53.6 Å². The fraction of sp³-hybridized carbons (Fsp3) is 0.286. The van der Waals surface area contributed by atoms with Gasteiger partial charge in [-0.15, -0.1) is 0 Å². The van der Waals surface area contributed by atoms with Crippen molar-refractivity contribution in [3.8, 4) is 16.9 Å². The highest BCUT2D eigenvalue weighted by atomic mass is 16.5. The Bertz CT molecular complexity index is 881. The van der Waals surface area contributed by atoms with Crippen molar-refractivity contribution in [1.29, 1.82) is 0 Å². The number of carboxylic acid groups (broad SMARTS) is 1. The van der Waals surface area contributed by atoms with Gasteiger partial charge in [0.2, 0.25) is 0 Å². The summed E-state index contributed by atoms with van der Waals surface area (Å²) in [5, 5.41) is 15.0. The molecular formula is C21H24N2O6. The molecule has 0 aliphatic carbocycles. The number of carbonyl (C=O) groups excluding carboxylic acids is 2. The zero-order valence-corrected chi connectivity index (χ0v) is 16.4. The summed E-state index contributed by atoms with van der Waals surface area (Å²) in [5.41, 5.74) is 1.77. The third-order valence-electron chi connectivity index (χ3n) is 3.99. The minimum absolute atomic E-state index is 0.0343. The molecular weight excluding hydrogens is 376 g/mol. The van der Waals surface area contributed by atoms with Gasteiger partial charge in [0.1, 0.15) is 5.75 Å². The van der Waals surface area contributed by atoms with Crippen LogP contribution in [0, 0.1) is 0 Å². The van der Waals surface area contributed by atoms with E-state index in [1.54, 1.807) is 56.4 Å². The van der Waals surface area contributed by atoms with Crippen molar-refractivity contribution >= 4 is 18.0 Å². The number of ether oxygens (including phenoxy) is 2. The van der Waals surface area contributed by atoms with Gasteiger partial charge in [0, 0.05) is 12.1 Å². The van der Waals surface area contributed by atoms with E-state index >= 15 is 0 Å². The first-order valence-corrected chi connectivity index (χ1v) is 9.17. The van der Waals surface area contributed by atoms with Gasteiger partial charge in [-0.25, -0.2) is 9.59 Å². The van der Waals surface area contributed by atoms with Crippen LogP contribution in [0.2, 0.25) is 0 Å². The maximum Gasteiger partial charge on any atom is 0.407 e. The number of hydrogen-bond acceptors (Lipinski definition) is 6. The number of amides is 1. The van der Waals surface area contributed by atoms with E-state index in [1.807, 2.05) is 0 Å². The van der Waals surface area contributed by atoms with Crippen molar-refractivity contribution in [2.45, 2.75) is 13.3 Å².